The van der Waals surface area contributed by atoms with E-state index in [2.05, 4.69) is 39.4 Å². The van der Waals surface area contributed by atoms with Crippen molar-refractivity contribution < 1.29 is 0 Å². The van der Waals surface area contributed by atoms with Gasteiger partial charge in [0, 0.05) is 43.1 Å². The Kier molecular flexibility index (Phi) is 5.29. The molecule has 0 saturated carbocycles. The van der Waals surface area contributed by atoms with Gasteiger partial charge in [0.1, 0.15) is 17.5 Å². The van der Waals surface area contributed by atoms with Gasteiger partial charge in [0.2, 0.25) is 0 Å². The zero-order valence-corrected chi connectivity index (χ0v) is 13.0. The molecule has 2 aromatic rings. The summed E-state index contributed by atoms with van der Waals surface area (Å²) in [5.41, 5.74) is 1.07. The first kappa shape index (κ1) is 14.7. The molecule has 0 fully saturated rings. The maximum Gasteiger partial charge on any atom is 0.134 e. The van der Waals surface area contributed by atoms with Crippen LogP contribution in [0.15, 0.2) is 11.6 Å². The summed E-state index contributed by atoms with van der Waals surface area (Å²) in [6.07, 6.45) is 3.59. The van der Waals surface area contributed by atoms with Crippen molar-refractivity contribution >= 4 is 23.0 Å². The van der Waals surface area contributed by atoms with Gasteiger partial charge in [-0.3, -0.25) is 0 Å². The van der Waals surface area contributed by atoms with Gasteiger partial charge >= 0.3 is 0 Å². The van der Waals surface area contributed by atoms with Gasteiger partial charge in [0.25, 0.3) is 0 Å². The van der Waals surface area contributed by atoms with E-state index in [1.165, 1.54) is 0 Å². The highest BCUT2D eigenvalue weighted by Crippen LogP contribution is 2.20. The lowest BCUT2D eigenvalue weighted by Gasteiger charge is -2.13. The first-order valence-electron chi connectivity index (χ1n) is 6.98. The molecule has 0 spiro atoms. The zero-order valence-electron chi connectivity index (χ0n) is 12.2. The van der Waals surface area contributed by atoms with Crippen molar-refractivity contribution in [2.75, 3.05) is 23.7 Å². The molecule has 0 aliphatic carbocycles. The molecule has 2 rings (SSSR count). The Morgan fingerprint density at radius 2 is 1.90 bits per heavy atom. The highest BCUT2D eigenvalue weighted by atomic mass is 32.1. The van der Waals surface area contributed by atoms with Crippen LogP contribution in [0.4, 0.5) is 11.6 Å². The summed E-state index contributed by atoms with van der Waals surface area (Å²) in [6, 6.07) is 0. The van der Waals surface area contributed by atoms with Gasteiger partial charge in [-0.15, -0.1) is 11.3 Å². The minimum Gasteiger partial charge on any atom is -0.370 e. The normalized spacial score (nSPS) is 10.6. The number of nitrogens with one attached hydrogen (secondary N) is 2. The Bertz CT molecular complexity index is 539. The minimum absolute atomic E-state index is 0.833. The van der Waals surface area contributed by atoms with E-state index in [4.69, 9.17) is 0 Å². The van der Waals surface area contributed by atoms with Crippen LogP contribution in [-0.2, 0) is 12.8 Å². The van der Waals surface area contributed by atoms with Crippen LogP contribution < -0.4 is 10.6 Å². The van der Waals surface area contributed by atoms with E-state index in [1.807, 2.05) is 18.5 Å². The molecule has 0 aliphatic rings. The second kappa shape index (κ2) is 7.19. The van der Waals surface area contributed by atoms with E-state index in [0.29, 0.717) is 0 Å². The van der Waals surface area contributed by atoms with Crippen LogP contribution in [0.25, 0.3) is 0 Å². The summed E-state index contributed by atoms with van der Waals surface area (Å²) in [5, 5.41) is 9.84. The number of nitrogens with zero attached hydrogens (tertiary/aromatic N) is 3. The zero-order chi connectivity index (χ0) is 14.4. The number of aryl methyl sites for hydroxylation is 1. The molecule has 2 heterocycles. The largest absolute Gasteiger partial charge is 0.370 e. The van der Waals surface area contributed by atoms with Gasteiger partial charge in [-0.05, 0) is 13.8 Å². The summed E-state index contributed by atoms with van der Waals surface area (Å²) < 4.78 is 0. The Balaban J connectivity index is 2.07. The molecule has 2 aromatic heterocycles. The van der Waals surface area contributed by atoms with Crippen LogP contribution in [0.2, 0.25) is 0 Å². The molecule has 0 bridgehead atoms. The lowest BCUT2D eigenvalue weighted by molar-refractivity contribution is 0.910. The van der Waals surface area contributed by atoms with Crippen LogP contribution >= 0.6 is 11.3 Å². The van der Waals surface area contributed by atoms with E-state index < -0.39 is 0 Å². The Morgan fingerprint density at radius 3 is 2.50 bits per heavy atom. The second-order valence-electron chi connectivity index (χ2n) is 4.45. The van der Waals surface area contributed by atoms with Crippen molar-refractivity contribution in [3.05, 3.63) is 28.0 Å². The van der Waals surface area contributed by atoms with Crippen molar-refractivity contribution in [1.29, 1.82) is 0 Å². The summed E-state index contributed by atoms with van der Waals surface area (Å²) >= 11 is 1.68. The Hall–Kier alpha value is -1.69. The highest BCUT2D eigenvalue weighted by Gasteiger charge is 2.09. The van der Waals surface area contributed by atoms with Gasteiger partial charge in [-0.1, -0.05) is 6.92 Å². The third kappa shape index (κ3) is 3.66. The number of aromatic nitrogens is 3. The van der Waals surface area contributed by atoms with Gasteiger partial charge < -0.3 is 10.6 Å². The fourth-order valence-electron chi connectivity index (χ4n) is 1.90. The molecule has 0 atom stereocenters. The third-order valence-corrected chi connectivity index (χ3v) is 3.81. The molecule has 0 aromatic carbocycles. The van der Waals surface area contributed by atoms with Crippen molar-refractivity contribution in [2.45, 2.75) is 33.6 Å². The number of thiazole rings is 1. The van der Waals surface area contributed by atoms with Crippen molar-refractivity contribution in [1.82, 2.24) is 15.0 Å². The lowest BCUT2D eigenvalue weighted by atomic mass is 10.2. The van der Waals surface area contributed by atoms with Crippen LogP contribution in [0.3, 0.4) is 0 Å². The Morgan fingerprint density at radius 1 is 1.15 bits per heavy atom. The summed E-state index contributed by atoms with van der Waals surface area (Å²) in [6.45, 7) is 7.88. The molecule has 2 N–H and O–H groups in total. The van der Waals surface area contributed by atoms with Gasteiger partial charge in [0.15, 0.2) is 0 Å². The lowest BCUT2D eigenvalue weighted by Crippen LogP contribution is -2.12. The Labute approximate surface area is 123 Å². The maximum atomic E-state index is 4.57. The standard InChI is InChI=1S/C14H21N5S/c1-4-11-18-13(15-5-2)10(3)14(19-11)17-7-6-12-16-8-9-20-12/h8-9H,4-7H2,1-3H3,(H2,15,17,18,19). The predicted molar refractivity (Wildman–Crippen MR) is 84.6 cm³/mol. The molecule has 108 valence electrons. The fourth-order valence-corrected chi connectivity index (χ4v) is 2.52. The average molecular weight is 291 g/mol. The van der Waals surface area contributed by atoms with E-state index >= 15 is 0 Å². The van der Waals surface area contributed by atoms with E-state index in [-0.39, 0.29) is 0 Å². The molecule has 5 nitrogen and oxygen atoms in total. The number of hydrogen-bond donors (Lipinski definition) is 2. The second-order valence-corrected chi connectivity index (χ2v) is 5.43. The molecule has 0 radical (unpaired) electrons. The summed E-state index contributed by atoms with van der Waals surface area (Å²) in [7, 11) is 0. The summed E-state index contributed by atoms with van der Waals surface area (Å²) in [4.78, 5) is 13.4. The molecule has 0 saturated heterocycles. The summed E-state index contributed by atoms with van der Waals surface area (Å²) in [5.74, 6) is 2.71. The topological polar surface area (TPSA) is 62.7 Å². The fraction of sp³-hybridized carbons (Fsp3) is 0.500. The van der Waals surface area contributed by atoms with Crippen molar-refractivity contribution in [3.63, 3.8) is 0 Å². The molecule has 20 heavy (non-hydrogen) atoms. The third-order valence-electron chi connectivity index (χ3n) is 2.97. The number of anilines is 2. The molecule has 0 aliphatic heterocycles. The quantitative estimate of drug-likeness (QED) is 0.821. The number of hydrogen-bond acceptors (Lipinski definition) is 6. The monoisotopic (exact) mass is 291 g/mol. The minimum atomic E-state index is 0.833. The SMILES string of the molecule is CCNc1nc(CC)nc(NCCc2nccs2)c1C. The van der Waals surface area contributed by atoms with Crippen LogP contribution in [0.1, 0.15) is 30.2 Å². The van der Waals surface area contributed by atoms with Gasteiger partial charge in [-0.2, -0.15) is 0 Å². The van der Waals surface area contributed by atoms with E-state index in [0.717, 1.165) is 54.0 Å². The molecule has 0 amide bonds. The highest BCUT2D eigenvalue weighted by molar-refractivity contribution is 7.09. The van der Waals surface area contributed by atoms with E-state index in [1.54, 1.807) is 11.3 Å². The molecular formula is C14H21N5S. The molecular weight excluding hydrogens is 270 g/mol. The average Bonchev–Trinajstić information content (AvgIpc) is 2.96. The van der Waals surface area contributed by atoms with E-state index in [9.17, 15) is 0 Å². The smallest absolute Gasteiger partial charge is 0.134 e. The maximum absolute atomic E-state index is 4.57. The van der Waals surface area contributed by atoms with Gasteiger partial charge in [0.05, 0.1) is 5.01 Å². The first-order chi connectivity index (χ1) is 9.74. The first-order valence-corrected chi connectivity index (χ1v) is 7.86. The van der Waals surface area contributed by atoms with Crippen LogP contribution in [0.5, 0.6) is 0 Å². The molecule has 0 unspecified atom stereocenters. The predicted octanol–water partition coefficient (Wildman–Crippen LogP) is 2.89. The van der Waals surface area contributed by atoms with Crippen molar-refractivity contribution in [2.24, 2.45) is 0 Å². The van der Waals surface area contributed by atoms with Crippen LogP contribution in [0, 0.1) is 6.92 Å². The number of rotatable bonds is 7. The van der Waals surface area contributed by atoms with Crippen LogP contribution in [-0.4, -0.2) is 28.0 Å². The van der Waals surface area contributed by atoms with Gasteiger partial charge in [-0.25, -0.2) is 15.0 Å². The van der Waals surface area contributed by atoms with Crippen molar-refractivity contribution in [3.8, 4) is 0 Å². The molecule has 6 heteroatoms.